The van der Waals surface area contributed by atoms with Gasteiger partial charge in [0.15, 0.2) is 0 Å². The van der Waals surface area contributed by atoms with E-state index in [1.165, 1.54) is 44.9 Å². The van der Waals surface area contributed by atoms with Gasteiger partial charge in [0, 0.05) is 5.54 Å². The molecule has 76 valence electrons. The van der Waals surface area contributed by atoms with Crippen molar-refractivity contribution in [2.24, 2.45) is 17.1 Å². The summed E-state index contributed by atoms with van der Waals surface area (Å²) in [5, 5.41) is 0. The van der Waals surface area contributed by atoms with Gasteiger partial charge in [-0.25, -0.2) is 0 Å². The Bertz CT molecular complexity index is 180. The van der Waals surface area contributed by atoms with Crippen LogP contribution in [-0.2, 0) is 0 Å². The number of nitrogens with two attached hydrogens (primary N) is 1. The molecule has 2 fully saturated rings. The molecule has 0 aliphatic heterocycles. The molecule has 2 rings (SSSR count). The average molecular weight is 181 g/mol. The van der Waals surface area contributed by atoms with Crippen molar-refractivity contribution in [3.05, 3.63) is 0 Å². The van der Waals surface area contributed by atoms with Crippen LogP contribution in [0.15, 0.2) is 0 Å². The van der Waals surface area contributed by atoms with E-state index in [1.54, 1.807) is 0 Å². The predicted octanol–water partition coefficient (Wildman–Crippen LogP) is 3.08. The Hall–Kier alpha value is -0.0400. The summed E-state index contributed by atoms with van der Waals surface area (Å²) in [4.78, 5) is 0. The summed E-state index contributed by atoms with van der Waals surface area (Å²) in [6.45, 7) is 4.46. The minimum absolute atomic E-state index is 0.0645. The smallest absolute Gasteiger partial charge is 0.0156 e. The first-order valence-electron chi connectivity index (χ1n) is 5.85. The van der Waals surface area contributed by atoms with Crippen LogP contribution >= 0.6 is 0 Å². The molecule has 1 nitrogen and oxygen atoms in total. The minimum atomic E-state index is 0.0645. The summed E-state index contributed by atoms with van der Waals surface area (Å²) in [5.74, 6) is 0.946. The molecule has 0 atom stereocenters. The lowest BCUT2D eigenvalue weighted by Crippen LogP contribution is -2.46. The average Bonchev–Trinajstić information content (AvgIpc) is 2.84. The van der Waals surface area contributed by atoms with Crippen molar-refractivity contribution < 1.29 is 0 Å². The number of hydrogen-bond acceptors (Lipinski definition) is 1. The standard InChI is InChI=1S/C12H23N/c1-11(2,13)12(8-9-12)10-6-4-3-5-7-10/h10H,3-9,13H2,1-2H3. The van der Waals surface area contributed by atoms with Gasteiger partial charge in [-0.15, -0.1) is 0 Å². The van der Waals surface area contributed by atoms with Gasteiger partial charge in [-0.2, -0.15) is 0 Å². The van der Waals surface area contributed by atoms with Crippen molar-refractivity contribution in [2.75, 3.05) is 0 Å². The van der Waals surface area contributed by atoms with Crippen LogP contribution in [0.1, 0.15) is 58.8 Å². The molecule has 2 aliphatic carbocycles. The molecule has 2 aliphatic rings. The topological polar surface area (TPSA) is 26.0 Å². The van der Waals surface area contributed by atoms with Crippen molar-refractivity contribution in [1.82, 2.24) is 0 Å². The molecule has 0 aromatic carbocycles. The maximum Gasteiger partial charge on any atom is 0.0156 e. The van der Waals surface area contributed by atoms with Crippen molar-refractivity contribution in [2.45, 2.75) is 64.3 Å². The highest BCUT2D eigenvalue weighted by Gasteiger charge is 2.56. The minimum Gasteiger partial charge on any atom is -0.325 e. The van der Waals surface area contributed by atoms with Crippen LogP contribution < -0.4 is 5.73 Å². The highest BCUT2D eigenvalue weighted by atomic mass is 14.8. The molecule has 0 aromatic heterocycles. The van der Waals surface area contributed by atoms with E-state index in [4.69, 9.17) is 5.73 Å². The van der Waals surface area contributed by atoms with Gasteiger partial charge in [0.05, 0.1) is 0 Å². The summed E-state index contributed by atoms with van der Waals surface area (Å²) in [6.07, 6.45) is 10.0. The van der Waals surface area contributed by atoms with E-state index in [9.17, 15) is 0 Å². The fraction of sp³-hybridized carbons (Fsp3) is 1.00. The van der Waals surface area contributed by atoms with Gasteiger partial charge in [0.2, 0.25) is 0 Å². The fourth-order valence-corrected chi connectivity index (χ4v) is 3.37. The highest BCUT2D eigenvalue weighted by Crippen LogP contribution is 2.61. The Morgan fingerprint density at radius 3 is 2.00 bits per heavy atom. The molecule has 0 unspecified atom stereocenters. The first-order chi connectivity index (χ1) is 6.06. The van der Waals surface area contributed by atoms with Crippen LogP contribution in [0.5, 0.6) is 0 Å². The van der Waals surface area contributed by atoms with E-state index in [2.05, 4.69) is 13.8 Å². The van der Waals surface area contributed by atoms with Gasteiger partial charge >= 0.3 is 0 Å². The summed E-state index contributed by atoms with van der Waals surface area (Å²) in [5.41, 5.74) is 6.91. The first-order valence-corrected chi connectivity index (χ1v) is 5.85. The Kier molecular flexibility index (Phi) is 2.18. The molecule has 0 radical (unpaired) electrons. The first kappa shape index (κ1) is 9.51. The predicted molar refractivity (Wildman–Crippen MR) is 56.5 cm³/mol. The third-order valence-corrected chi connectivity index (χ3v) is 4.46. The second-order valence-electron chi connectivity index (χ2n) is 5.71. The zero-order valence-electron chi connectivity index (χ0n) is 9.10. The normalized spacial score (nSPS) is 28.8. The van der Waals surface area contributed by atoms with Gasteiger partial charge in [-0.1, -0.05) is 19.3 Å². The van der Waals surface area contributed by atoms with Crippen molar-refractivity contribution in [1.29, 1.82) is 0 Å². The summed E-state index contributed by atoms with van der Waals surface area (Å²) in [6, 6.07) is 0. The lowest BCUT2D eigenvalue weighted by molar-refractivity contribution is 0.146. The second kappa shape index (κ2) is 2.98. The lowest BCUT2D eigenvalue weighted by atomic mass is 9.69. The van der Waals surface area contributed by atoms with Crippen molar-refractivity contribution in [3.63, 3.8) is 0 Å². The summed E-state index contributed by atoms with van der Waals surface area (Å²) < 4.78 is 0. The van der Waals surface area contributed by atoms with E-state index >= 15 is 0 Å². The zero-order valence-corrected chi connectivity index (χ0v) is 9.10. The van der Waals surface area contributed by atoms with E-state index in [0.29, 0.717) is 5.41 Å². The van der Waals surface area contributed by atoms with Gasteiger partial charge < -0.3 is 5.73 Å². The number of rotatable bonds is 2. The Labute approximate surface area is 82.1 Å². The molecule has 0 saturated heterocycles. The Balaban J connectivity index is 2.06. The molecule has 2 N–H and O–H groups in total. The Morgan fingerprint density at radius 1 is 1.08 bits per heavy atom. The molecule has 2 saturated carbocycles. The molecular weight excluding hydrogens is 158 g/mol. The third-order valence-electron chi connectivity index (χ3n) is 4.46. The van der Waals surface area contributed by atoms with Crippen LogP contribution in [0.3, 0.4) is 0 Å². The summed E-state index contributed by atoms with van der Waals surface area (Å²) >= 11 is 0. The van der Waals surface area contributed by atoms with E-state index in [-0.39, 0.29) is 5.54 Å². The summed E-state index contributed by atoms with van der Waals surface area (Å²) in [7, 11) is 0. The van der Waals surface area contributed by atoms with E-state index < -0.39 is 0 Å². The number of hydrogen-bond donors (Lipinski definition) is 1. The van der Waals surface area contributed by atoms with Gasteiger partial charge in [0.25, 0.3) is 0 Å². The maximum atomic E-state index is 6.31. The van der Waals surface area contributed by atoms with Crippen molar-refractivity contribution >= 4 is 0 Å². The molecule has 0 bridgehead atoms. The quantitative estimate of drug-likeness (QED) is 0.696. The van der Waals surface area contributed by atoms with Crippen LogP contribution in [0.25, 0.3) is 0 Å². The second-order valence-corrected chi connectivity index (χ2v) is 5.71. The monoisotopic (exact) mass is 181 g/mol. The van der Waals surface area contributed by atoms with E-state index in [1.807, 2.05) is 0 Å². The van der Waals surface area contributed by atoms with Gasteiger partial charge in [-0.05, 0) is 50.9 Å². The maximum absolute atomic E-state index is 6.31. The highest BCUT2D eigenvalue weighted by molar-refractivity contribution is 5.10. The molecule has 0 amide bonds. The molecule has 0 aromatic rings. The Morgan fingerprint density at radius 2 is 1.62 bits per heavy atom. The zero-order chi connectivity index (χ0) is 9.53. The largest absolute Gasteiger partial charge is 0.325 e. The van der Waals surface area contributed by atoms with Gasteiger partial charge in [0.1, 0.15) is 0 Å². The molecule has 1 heteroatoms. The lowest BCUT2D eigenvalue weighted by Gasteiger charge is -2.39. The third kappa shape index (κ3) is 1.52. The molecular formula is C12H23N. The van der Waals surface area contributed by atoms with Gasteiger partial charge in [-0.3, -0.25) is 0 Å². The van der Waals surface area contributed by atoms with Crippen LogP contribution in [-0.4, -0.2) is 5.54 Å². The molecule has 0 spiro atoms. The SMILES string of the molecule is CC(C)(N)C1(C2CCCCC2)CC1. The van der Waals surface area contributed by atoms with Crippen LogP contribution in [0.2, 0.25) is 0 Å². The van der Waals surface area contributed by atoms with Crippen LogP contribution in [0.4, 0.5) is 0 Å². The van der Waals surface area contributed by atoms with Crippen molar-refractivity contribution in [3.8, 4) is 0 Å². The fourth-order valence-electron chi connectivity index (χ4n) is 3.37. The van der Waals surface area contributed by atoms with Crippen LogP contribution in [0, 0.1) is 11.3 Å². The van der Waals surface area contributed by atoms with E-state index in [0.717, 1.165) is 5.92 Å². The molecule has 13 heavy (non-hydrogen) atoms. The molecule has 0 heterocycles.